The number of carbonyl (C=O) groups excluding carboxylic acids is 1. The van der Waals surface area contributed by atoms with E-state index in [1.54, 1.807) is 0 Å². The highest BCUT2D eigenvalue weighted by Crippen LogP contribution is 2.65. The van der Waals surface area contributed by atoms with Gasteiger partial charge in [-0.1, -0.05) is 6.08 Å². The van der Waals surface area contributed by atoms with Gasteiger partial charge in [-0.3, -0.25) is 4.79 Å². The van der Waals surface area contributed by atoms with Gasteiger partial charge in [-0.2, -0.15) is 0 Å². The average molecular weight is 178 g/mol. The molecule has 0 amide bonds. The van der Waals surface area contributed by atoms with Gasteiger partial charge in [0.15, 0.2) is 0 Å². The molecule has 3 unspecified atom stereocenters. The van der Waals surface area contributed by atoms with Gasteiger partial charge in [-0.15, -0.1) is 0 Å². The molecule has 3 atom stereocenters. The van der Waals surface area contributed by atoms with Crippen LogP contribution in [0, 0.1) is 11.8 Å². The Labute approximate surface area is 78.0 Å². The van der Waals surface area contributed by atoms with Gasteiger partial charge in [0.1, 0.15) is 5.60 Å². The van der Waals surface area contributed by atoms with E-state index < -0.39 is 0 Å². The largest absolute Gasteiger partial charge is 0.456 e. The number of hydrogen-bond acceptors (Lipinski definition) is 2. The lowest BCUT2D eigenvalue weighted by Crippen LogP contribution is -2.20. The molecule has 0 aliphatic heterocycles. The first-order valence-electron chi connectivity index (χ1n) is 5.19. The molecule has 0 bridgehead atoms. The highest BCUT2D eigenvalue weighted by Gasteiger charge is 2.65. The molecular formula is C11H14O2. The second kappa shape index (κ2) is 2.37. The van der Waals surface area contributed by atoms with Crippen LogP contribution in [-0.2, 0) is 9.53 Å². The van der Waals surface area contributed by atoms with Gasteiger partial charge in [0.05, 0.1) is 0 Å². The zero-order valence-electron chi connectivity index (χ0n) is 7.66. The first-order valence-corrected chi connectivity index (χ1v) is 5.19. The molecule has 13 heavy (non-hydrogen) atoms. The van der Waals surface area contributed by atoms with Crippen LogP contribution in [0.15, 0.2) is 11.6 Å². The summed E-state index contributed by atoms with van der Waals surface area (Å²) in [6, 6.07) is 0. The molecule has 3 aliphatic carbocycles. The van der Waals surface area contributed by atoms with Gasteiger partial charge < -0.3 is 4.74 Å². The maximum atomic E-state index is 10.4. The van der Waals surface area contributed by atoms with Gasteiger partial charge in [-0.05, 0) is 43.6 Å². The molecule has 0 saturated heterocycles. The summed E-state index contributed by atoms with van der Waals surface area (Å²) in [5, 5.41) is 0. The Hall–Kier alpha value is -0.790. The number of carbonyl (C=O) groups is 1. The highest BCUT2D eigenvalue weighted by molar-refractivity contribution is 5.47. The van der Waals surface area contributed by atoms with Gasteiger partial charge in [0, 0.05) is 5.92 Å². The third kappa shape index (κ3) is 0.862. The number of rotatable bonds is 2. The van der Waals surface area contributed by atoms with Crippen molar-refractivity contribution in [2.24, 2.45) is 11.8 Å². The molecule has 2 heteroatoms. The lowest BCUT2D eigenvalue weighted by atomic mass is 9.86. The van der Waals surface area contributed by atoms with Crippen molar-refractivity contribution in [1.29, 1.82) is 0 Å². The van der Waals surface area contributed by atoms with Crippen LogP contribution < -0.4 is 0 Å². The third-order valence-electron chi connectivity index (χ3n) is 3.93. The monoisotopic (exact) mass is 178 g/mol. The lowest BCUT2D eigenvalue weighted by Gasteiger charge is -2.23. The molecule has 70 valence electrons. The van der Waals surface area contributed by atoms with Crippen molar-refractivity contribution in [1.82, 2.24) is 0 Å². The second-order valence-electron chi connectivity index (χ2n) is 4.53. The summed E-state index contributed by atoms with van der Waals surface area (Å²) in [5.41, 5.74) is 1.35. The van der Waals surface area contributed by atoms with E-state index >= 15 is 0 Å². The van der Waals surface area contributed by atoms with Crippen LogP contribution in [0.5, 0.6) is 0 Å². The van der Waals surface area contributed by atoms with E-state index in [-0.39, 0.29) is 5.60 Å². The fourth-order valence-electron chi connectivity index (χ4n) is 3.28. The Bertz CT molecular complexity index is 282. The summed E-state index contributed by atoms with van der Waals surface area (Å²) in [4.78, 5) is 10.4. The maximum absolute atomic E-state index is 10.4. The summed E-state index contributed by atoms with van der Waals surface area (Å²) < 4.78 is 5.28. The standard InChI is InChI=1S/C11H14O2/c12-7-13-11-6-9(11)5-8-3-1-2-4-10(8)11/h4,7-9H,1-3,5-6H2. The first kappa shape index (κ1) is 7.60. The van der Waals surface area contributed by atoms with Gasteiger partial charge in [-0.25, -0.2) is 0 Å². The third-order valence-corrected chi connectivity index (χ3v) is 3.93. The fourth-order valence-corrected chi connectivity index (χ4v) is 3.28. The Morgan fingerprint density at radius 1 is 1.62 bits per heavy atom. The minimum absolute atomic E-state index is 0.104. The zero-order chi connectivity index (χ0) is 8.89. The smallest absolute Gasteiger partial charge is 0.293 e. The fraction of sp³-hybridized carbons (Fsp3) is 0.727. The second-order valence-corrected chi connectivity index (χ2v) is 4.53. The van der Waals surface area contributed by atoms with E-state index in [1.807, 2.05) is 0 Å². The predicted octanol–water partition coefficient (Wildman–Crippen LogP) is 2.05. The van der Waals surface area contributed by atoms with Crippen molar-refractivity contribution >= 4 is 6.47 Å². The molecule has 0 aromatic carbocycles. The van der Waals surface area contributed by atoms with Crippen LogP contribution in [0.25, 0.3) is 0 Å². The molecule has 0 aromatic rings. The maximum Gasteiger partial charge on any atom is 0.293 e. The minimum atomic E-state index is -0.104. The number of allylic oxidation sites excluding steroid dienone is 1. The topological polar surface area (TPSA) is 26.3 Å². The van der Waals surface area contributed by atoms with Gasteiger partial charge in [0.2, 0.25) is 0 Å². The van der Waals surface area contributed by atoms with Crippen molar-refractivity contribution < 1.29 is 9.53 Å². The SMILES string of the molecule is O=COC12CC1CC1CCCC=C12. The first-order chi connectivity index (χ1) is 6.37. The van der Waals surface area contributed by atoms with Crippen molar-refractivity contribution in [2.75, 3.05) is 0 Å². The Kier molecular flexibility index (Phi) is 1.38. The lowest BCUT2D eigenvalue weighted by molar-refractivity contribution is -0.133. The molecule has 0 heterocycles. The molecular weight excluding hydrogens is 164 g/mol. The molecule has 2 saturated carbocycles. The van der Waals surface area contributed by atoms with Crippen molar-refractivity contribution in [3.05, 3.63) is 11.6 Å². The predicted molar refractivity (Wildman–Crippen MR) is 48.0 cm³/mol. The van der Waals surface area contributed by atoms with Crippen LogP contribution in [-0.4, -0.2) is 12.1 Å². The van der Waals surface area contributed by atoms with Gasteiger partial charge in [0.25, 0.3) is 6.47 Å². The van der Waals surface area contributed by atoms with Crippen LogP contribution in [0.1, 0.15) is 32.1 Å². The summed E-state index contributed by atoms with van der Waals surface area (Å²) in [6.07, 6.45) is 8.49. The Balaban J connectivity index is 1.92. The summed E-state index contributed by atoms with van der Waals surface area (Å²) in [5.74, 6) is 1.40. The van der Waals surface area contributed by atoms with E-state index in [1.165, 1.54) is 31.3 Å². The number of ether oxygens (including phenoxy) is 1. The summed E-state index contributed by atoms with van der Waals surface area (Å²) >= 11 is 0. The average Bonchev–Trinajstić information content (AvgIpc) is 2.74. The van der Waals surface area contributed by atoms with Crippen LogP contribution in [0.4, 0.5) is 0 Å². The Morgan fingerprint density at radius 2 is 2.54 bits per heavy atom. The van der Waals surface area contributed by atoms with E-state index in [4.69, 9.17) is 4.74 Å². The number of fused-ring (bicyclic) bond motifs is 3. The molecule has 0 spiro atoms. The normalized spacial score (nSPS) is 46.0. The summed E-state index contributed by atoms with van der Waals surface area (Å²) in [6.45, 7) is 0.637. The molecule has 0 N–H and O–H groups in total. The molecule has 3 aliphatic rings. The molecule has 0 radical (unpaired) electrons. The van der Waals surface area contributed by atoms with E-state index in [2.05, 4.69) is 6.08 Å². The molecule has 2 nitrogen and oxygen atoms in total. The van der Waals surface area contributed by atoms with Crippen molar-refractivity contribution in [3.63, 3.8) is 0 Å². The van der Waals surface area contributed by atoms with E-state index in [9.17, 15) is 4.79 Å². The Morgan fingerprint density at radius 3 is 3.38 bits per heavy atom. The van der Waals surface area contributed by atoms with Crippen molar-refractivity contribution in [2.45, 2.75) is 37.7 Å². The zero-order valence-corrected chi connectivity index (χ0v) is 7.66. The number of hydrogen-bond donors (Lipinski definition) is 0. The minimum Gasteiger partial charge on any atom is -0.456 e. The van der Waals surface area contributed by atoms with Gasteiger partial charge >= 0.3 is 0 Å². The summed E-state index contributed by atoms with van der Waals surface area (Å²) in [7, 11) is 0. The van der Waals surface area contributed by atoms with E-state index in [0.29, 0.717) is 12.4 Å². The highest BCUT2D eigenvalue weighted by atomic mass is 16.5. The van der Waals surface area contributed by atoms with Crippen LogP contribution in [0.3, 0.4) is 0 Å². The van der Waals surface area contributed by atoms with Crippen LogP contribution in [0.2, 0.25) is 0 Å². The molecule has 2 fully saturated rings. The van der Waals surface area contributed by atoms with Crippen molar-refractivity contribution in [3.8, 4) is 0 Å². The van der Waals surface area contributed by atoms with Crippen LogP contribution >= 0.6 is 0 Å². The molecule has 0 aromatic heterocycles. The van der Waals surface area contributed by atoms with E-state index in [0.717, 1.165) is 12.3 Å². The molecule has 3 rings (SSSR count). The quantitative estimate of drug-likeness (QED) is 0.478.